The minimum absolute atomic E-state index is 0.0938. The van der Waals surface area contributed by atoms with Gasteiger partial charge in [-0.2, -0.15) is 5.26 Å². The summed E-state index contributed by atoms with van der Waals surface area (Å²) in [5.74, 6) is 1.44. The van der Waals surface area contributed by atoms with Crippen LogP contribution in [0.2, 0.25) is 0 Å². The van der Waals surface area contributed by atoms with Gasteiger partial charge in [0, 0.05) is 50.3 Å². The van der Waals surface area contributed by atoms with Gasteiger partial charge in [-0.3, -0.25) is 14.5 Å². The number of hydrogen-bond donors (Lipinski definition) is 2. The second-order valence-corrected chi connectivity index (χ2v) is 12.1. The predicted octanol–water partition coefficient (Wildman–Crippen LogP) is 4.55. The fourth-order valence-electron chi connectivity index (χ4n) is 7.18. The highest BCUT2D eigenvalue weighted by Gasteiger charge is 2.42. The molecule has 3 aromatic rings. The van der Waals surface area contributed by atoms with Crippen LogP contribution in [-0.4, -0.2) is 78.9 Å². The van der Waals surface area contributed by atoms with Crippen LogP contribution >= 0.6 is 0 Å². The van der Waals surface area contributed by atoms with Gasteiger partial charge in [0.05, 0.1) is 61.2 Å². The maximum Gasteiger partial charge on any atom is 0.247 e. The number of anilines is 5. The Morgan fingerprint density at radius 2 is 2.00 bits per heavy atom. The van der Waals surface area contributed by atoms with Gasteiger partial charge in [-0.15, -0.1) is 0 Å². The van der Waals surface area contributed by atoms with Gasteiger partial charge in [0.15, 0.2) is 5.82 Å². The molecule has 12 nitrogen and oxygen atoms in total. The molecule has 4 aliphatic heterocycles. The zero-order valence-electron chi connectivity index (χ0n) is 25.9. The number of ether oxygens (including phenoxy) is 2. The van der Waals surface area contributed by atoms with Crippen molar-refractivity contribution in [3.8, 4) is 11.8 Å². The van der Waals surface area contributed by atoms with Crippen LogP contribution in [0.4, 0.5) is 28.7 Å². The standard InChI is InChI=1S/C34H38N8O4/c1-3-34(43)39-27-15-28(31(44-2)16-30(27)40-10-7-24(8-11-40)41-19-26-14-25(41)20-45-26)38-32-17-33(37-21-36-32)42-29(9-12-46-42)23-6-4-5-22(13-23)18-35/h3-6,13,15-17,21,24-26,29H,1,7-12,14,19-20H2,2H3,(H,39,43)(H,36,37,38)/t25-,26-,29+/m0/s1. The van der Waals surface area contributed by atoms with E-state index < -0.39 is 0 Å². The predicted molar refractivity (Wildman–Crippen MR) is 174 cm³/mol. The van der Waals surface area contributed by atoms with Crippen molar-refractivity contribution in [1.29, 1.82) is 5.26 Å². The lowest BCUT2D eigenvalue weighted by Gasteiger charge is -2.41. The molecule has 0 saturated carbocycles. The number of likely N-dealkylation sites (tertiary alicyclic amines) is 1. The number of nitrogens with zero attached hydrogens (tertiary/aromatic N) is 6. The Bertz CT molecular complexity index is 1650. The van der Waals surface area contributed by atoms with Crippen molar-refractivity contribution in [3.05, 3.63) is 72.6 Å². The number of hydroxylamine groups is 1. The zero-order valence-corrected chi connectivity index (χ0v) is 25.9. The van der Waals surface area contributed by atoms with Gasteiger partial charge >= 0.3 is 0 Å². The van der Waals surface area contributed by atoms with Crippen molar-refractivity contribution in [1.82, 2.24) is 14.9 Å². The molecule has 0 unspecified atom stereocenters. The van der Waals surface area contributed by atoms with E-state index >= 15 is 0 Å². The number of piperidine rings is 1. The first-order valence-corrected chi connectivity index (χ1v) is 15.8. The fourth-order valence-corrected chi connectivity index (χ4v) is 7.18. The summed E-state index contributed by atoms with van der Waals surface area (Å²) in [6.45, 7) is 7.81. The lowest BCUT2D eigenvalue weighted by Crippen LogP contribution is -2.49. The Labute approximate surface area is 268 Å². The molecule has 4 saturated heterocycles. The zero-order chi connectivity index (χ0) is 31.6. The quantitative estimate of drug-likeness (QED) is 0.326. The molecule has 1 amide bonds. The van der Waals surface area contributed by atoms with E-state index in [0.29, 0.717) is 59.1 Å². The maximum atomic E-state index is 12.5. The van der Waals surface area contributed by atoms with E-state index in [4.69, 9.17) is 14.3 Å². The molecule has 0 aliphatic carbocycles. The van der Waals surface area contributed by atoms with E-state index in [1.807, 2.05) is 36.4 Å². The van der Waals surface area contributed by atoms with Gasteiger partial charge < -0.3 is 25.0 Å². The van der Waals surface area contributed by atoms with E-state index in [9.17, 15) is 10.1 Å². The SMILES string of the molecule is C=CC(=O)Nc1cc(Nc2cc(N3OCC[C@@H]3c3cccc(C#N)c3)ncn2)c(OC)cc1N1CCC(N2C[C@@H]3C[C@H]2CO3)CC1. The Morgan fingerprint density at radius 1 is 1.13 bits per heavy atom. The topological polar surface area (TPSA) is 128 Å². The van der Waals surface area contributed by atoms with Gasteiger partial charge in [0.1, 0.15) is 17.9 Å². The largest absolute Gasteiger partial charge is 0.494 e. The molecule has 0 radical (unpaired) electrons. The van der Waals surface area contributed by atoms with Gasteiger partial charge in [-0.25, -0.2) is 15.0 Å². The van der Waals surface area contributed by atoms with Gasteiger partial charge in [-0.05, 0) is 49.1 Å². The van der Waals surface area contributed by atoms with E-state index in [-0.39, 0.29) is 11.9 Å². The number of rotatable bonds is 9. The monoisotopic (exact) mass is 622 g/mol. The molecule has 2 aromatic carbocycles. The summed E-state index contributed by atoms with van der Waals surface area (Å²) in [6, 6.07) is 16.4. The van der Waals surface area contributed by atoms with E-state index in [1.165, 1.54) is 12.4 Å². The van der Waals surface area contributed by atoms with Crippen LogP contribution in [0.3, 0.4) is 0 Å². The van der Waals surface area contributed by atoms with Crippen LogP contribution in [0.1, 0.15) is 42.9 Å². The highest BCUT2D eigenvalue weighted by atomic mass is 16.7. The smallest absolute Gasteiger partial charge is 0.247 e. The molecule has 2 N–H and O–H groups in total. The first-order chi connectivity index (χ1) is 22.5. The third kappa shape index (κ3) is 5.97. The number of morpholine rings is 1. The van der Waals surface area contributed by atoms with Crippen LogP contribution in [0, 0.1) is 11.3 Å². The molecule has 238 valence electrons. The number of methoxy groups -OCH3 is 1. The molecular weight excluding hydrogens is 584 g/mol. The van der Waals surface area contributed by atoms with Crippen LogP contribution in [0.15, 0.2) is 61.4 Å². The van der Waals surface area contributed by atoms with Gasteiger partial charge in [0.2, 0.25) is 5.91 Å². The molecular formula is C34H38N8O4. The minimum Gasteiger partial charge on any atom is -0.494 e. The summed E-state index contributed by atoms with van der Waals surface area (Å²) in [5, 5.41) is 17.5. The van der Waals surface area contributed by atoms with E-state index in [1.54, 1.807) is 18.2 Å². The molecule has 2 bridgehead atoms. The molecule has 0 spiro atoms. The fraction of sp³-hybridized carbons (Fsp3) is 0.412. The summed E-state index contributed by atoms with van der Waals surface area (Å²) < 4.78 is 11.7. The molecule has 7 rings (SSSR count). The van der Waals surface area contributed by atoms with Crippen LogP contribution < -0.4 is 25.3 Å². The van der Waals surface area contributed by atoms with Crippen molar-refractivity contribution in [3.63, 3.8) is 0 Å². The summed E-state index contributed by atoms with van der Waals surface area (Å²) in [4.78, 5) is 32.4. The Kier molecular flexibility index (Phi) is 8.45. The second-order valence-electron chi connectivity index (χ2n) is 12.1. The first kappa shape index (κ1) is 30.0. The molecule has 5 heterocycles. The van der Waals surface area contributed by atoms with Crippen molar-refractivity contribution in [2.24, 2.45) is 0 Å². The van der Waals surface area contributed by atoms with Gasteiger partial charge in [0.25, 0.3) is 0 Å². The lowest BCUT2D eigenvalue weighted by atomic mass is 10.0. The van der Waals surface area contributed by atoms with Crippen LogP contribution in [-0.2, 0) is 14.4 Å². The first-order valence-electron chi connectivity index (χ1n) is 15.8. The number of aromatic nitrogens is 2. The molecule has 4 fully saturated rings. The number of amides is 1. The molecule has 12 heteroatoms. The Balaban J connectivity index is 1.12. The number of carbonyl (C=O) groups is 1. The van der Waals surface area contributed by atoms with Crippen LogP contribution in [0.25, 0.3) is 0 Å². The average molecular weight is 623 g/mol. The second kappa shape index (κ2) is 13.0. The number of fused-ring (bicyclic) bond motifs is 2. The molecule has 3 atom stereocenters. The lowest BCUT2D eigenvalue weighted by molar-refractivity contribution is -0.111. The summed E-state index contributed by atoms with van der Waals surface area (Å²) in [6.07, 6.45) is 7.14. The van der Waals surface area contributed by atoms with Crippen molar-refractivity contribution in [2.45, 2.75) is 49.9 Å². The highest BCUT2D eigenvalue weighted by Crippen LogP contribution is 2.41. The Hall–Kier alpha value is -4.70. The average Bonchev–Trinajstić information content (AvgIpc) is 3.87. The summed E-state index contributed by atoms with van der Waals surface area (Å²) in [5.41, 5.74) is 3.78. The Morgan fingerprint density at radius 3 is 2.74 bits per heavy atom. The minimum atomic E-state index is -0.289. The number of carbonyl (C=O) groups excluding carboxylic acids is 1. The van der Waals surface area contributed by atoms with E-state index in [0.717, 1.165) is 63.2 Å². The number of nitriles is 1. The van der Waals surface area contributed by atoms with E-state index in [2.05, 4.69) is 43.0 Å². The van der Waals surface area contributed by atoms with Crippen molar-refractivity contribution in [2.75, 3.05) is 60.6 Å². The van der Waals surface area contributed by atoms with Crippen molar-refractivity contribution >= 4 is 34.6 Å². The molecule has 46 heavy (non-hydrogen) atoms. The number of hydrogen-bond acceptors (Lipinski definition) is 11. The normalized spacial score (nSPS) is 22.9. The van der Waals surface area contributed by atoms with Crippen molar-refractivity contribution < 1.29 is 19.1 Å². The third-order valence-corrected chi connectivity index (χ3v) is 9.42. The number of nitrogens with one attached hydrogen (secondary N) is 2. The summed E-state index contributed by atoms with van der Waals surface area (Å²) >= 11 is 0. The molecule has 1 aromatic heterocycles. The maximum absolute atomic E-state index is 12.5. The van der Waals surface area contributed by atoms with Crippen LogP contribution in [0.5, 0.6) is 5.75 Å². The summed E-state index contributed by atoms with van der Waals surface area (Å²) in [7, 11) is 1.63. The highest BCUT2D eigenvalue weighted by molar-refractivity contribution is 6.02. The molecule has 4 aliphatic rings. The number of benzene rings is 2. The van der Waals surface area contributed by atoms with Gasteiger partial charge in [-0.1, -0.05) is 18.7 Å². The third-order valence-electron chi connectivity index (χ3n) is 9.42.